The van der Waals surface area contributed by atoms with Gasteiger partial charge in [-0.1, -0.05) is 0 Å². The molecule has 2 aromatic rings. The molecular formula is C13H11FN2O3. The summed E-state index contributed by atoms with van der Waals surface area (Å²) in [4.78, 5) is 29.1. The fourth-order valence-electron chi connectivity index (χ4n) is 1.62. The van der Waals surface area contributed by atoms with Crippen LogP contribution in [-0.2, 0) is 4.74 Å². The van der Waals surface area contributed by atoms with Crippen molar-refractivity contribution >= 4 is 12.3 Å². The number of aldehydes is 1. The van der Waals surface area contributed by atoms with Gasteiger partial charge in [0.2, 0.25) is 0 Å². The SMILES string of the molecule is CCOC(=O)c1[nH]c(C=O)nc1-c1ccc(F)cc1. The molecule has 1 aromatic carbocycles. The second-order valence-corrected chi connectivity index (χ2v) is 3.69. The molecule has 98 valence electrons. The van der Waals surface area contributed by atoms with Crippen molar-refractivity contribution in [3.63, 3.8) is 0 Å². The molecule has 0 bridgehead atoms. The van der Waals surface area contributed by atoms with Gasteiger partial charge in [0, 0.05) is 5.56 Å². The van der Waals surface area contributed by atoms with Gasteiger partial charge in [-0.05, 0) is 31.2 Å². The third-order valence-electron chi connectivity index (χ3n) is 2.43. The van der Waals surface area contributed by atoms with E-state index in [1.165, 1.54) is 24.3 Å². The van der Waals surface area contributed by atoms with Crippen LogP contribution in [0.2, 0.25) is 0 Å². The molecule has 1 aromatic heterocycles. The van der Waals surface area contributed by atoms with Crippen LogP contribution in [0.4, 0.5) is 4.39 Å². The Morgan fingerprint density at radius 2 is 2.11 bits per heavy atom. The zero-order chi connectivity index (χ0) is 13.8. The van der Waals surface area contributed by atoms with Crippen LogP contribution in [0, 0.1) is 5.82 Å². The van der Waals surface area contributed by atoms with Gasteiger partial charge < -0.3 is 9.72 Å². The van der Waals surface area contributed by atoms with Crippen molar-refractivity contribution in [3.8, 4) is 11.3 Å². The van der Waals surface area contributed by atoms with Gasteiger partial charge in [-0.2, -0.15) is 0 Å². The Morgan fingerprint density at radius 1 is 1.42 bits per heavy atom. The summed E-state index contributed by atoms with van der Waals surface area (Å²) in [5, 5.41) is 0. The van der Waals surface area contributed by atoms with E-state index in [1.807, 2.05) is 0 Å². The molecule has 1 heterocycles. The first kappa shape index (κ1) is 12.9. The normalized spacial score (nSPS) is 10.2. The highest BCUT2D eigenvalue weighted by atomic mass is 19.1. The summed E-state index contributed by atoms with van der Waals surface area (Å²) in [5.74, 6) is -0.989. The molecule has 5 nitrogen and oxygen atoms in total. The van der Waals surface area contributed by atoms with Crippen LogP contribution in [-0.4, -0.2) is 28.8 Å². The highest BCUT2D eigenvalue weighted by molar-refractivity contribution is 5.95. The number of halogens is 1. The quantitative estimate of drug-likeness (QED) is 0.677. The number of H-pyrrole nitrogens is 1. The summed E-state index contributed by atoms with van der Waals surface area (Å²) in [6, 6.07) is 5.45. The first-order valence-electron chi connectivity index (χ1n) is 5.64. The van der Waals surface area contributed by atoms with Crippen molar-refractivity contribution in [1.29, 1.82) is 0 Å². The Hall–Kier alpha value is -2.50. The third-order valence-corrected chi connectivity index (χ3v) is 2.43. The van der Waals surface area contributed by atoms with Gasteiger partial charge in [0.05, 0.1) is 6.61 Å². The molecule has 0 aliphatic rings. The number of nitrogens with zero attached hydrogens (tertiary/aromatic N) is 1. The first-order valence-corrected chi connectivity index (χ1v) is 5.64. The van der Waals surface area contributed by atoms with E-state index in [1.54, 1.807) is 6.92 Å². The fraction of sp³-hybridized carbons (Fsp3) is 0.154. The summed E-state index contributed by atoms with van der Waals surface area (Å²) in [5.41, 5.74) is 0.866. The maximum Gasteiger partial charge on any atom is 0.357 e. The summed E-state index contributed by atoms with van der Waals surface area (Å²) < 4.78 is 17.7. The van der Waals surface area contributed by atoms with Crippen molar-refractivity contribution in [1.82, 2.24) is 9.97 Å². The molecule has 0 aliphatic heterocycles. The first-order chi connectivity index (χ1) is 9.15. The van der Waals surface area contributed by atoms with Crippen LogP contribution in [0.5, 0.6) is 0 Å². The highest BCUT2D eigenvalue weighted by Gasteiger charge is 2.19. The average Bonchev–Trinajstić information content (AvgIpc) is 2.84. The molecule has 0 saturated heterocycles. The van der Waals surface area contributed by atoms with Crippen molar-refractivity contribution in [2.45, 2.75) is 6.92 Å². The van der Waals surface area contributed by atoms with E-state index >= 15 is 0 Å². The lowest BCUT2D eigenvalue weighted by molar-refractivity contribution is 0.0521. The summed E-state index contributed by atoms with van der Waals surface area (Å²) in [6.45, 7) is 1.88. The Kier molecular flexibility index (Phi) is 3.70. The molecule has 6 heteroatoms. The number of imidazole rings is 1. The lowest BCUT2D eigenvalue weighted by atomic mass is 10.1. The van der Waals surface area contributed by atoms with Crippen LogP contribution < -0.4 is 0 Å². The van der Waals surface area contributed by atoms with Gasteiger partial charge in [-0.15, -0.1) is 0 Å². The fourth-order valence-corrected chi connectivity index (χ4v) is 1.62. The molecular weight excluding hydrogens is 251 g/mol. The van der Waals surface area contributed by atoms with Gasteiger partial charge in [0.1, 0.15) is 11.5 Å². The molecule has 2 rings (SSSR count). The second-order valence-electron chi connectivity index (χ2n) is 3.69. The lowest BCUT2D eigenvalue weighted by Crippen LogP contribution is -2.06. The van der Waals surface area contributed by atoms with E-state index < -0.39 is 11.8 Å². The van der Waals surface area contributed by atoms with Crippen molar-refractivity contribution < 1.29 is 18.7 Å². The van der Waals surface area contributed by atoms with Gasteiger partial charge >= 0.3 is 5.97 Å². The van der Waals surface area contributed by atoms with Crippen molar-refractivity contribution in [2.75, 3.05) is 6.61 Å². The highest BCUT2D eigenvalue weighted by Crippen LogP contribution is 2.22. The van der Waals surface area contributed by atoms with Crippen molar-refractivity contribution in [3.05, 3.63) is 41.6 Å². The predicted octanol–water partition coefficient (Wildman–Crippen LogP) is 2.21. The zero-order valence-corrected chi connectivity index (χ0v) is 10.1. The number of carbonyl (C=O) groups is 2. The minimum Gasteiger partial charge on any atom is -0.461 e. The monoisotopic (exact) mass is 262 g/mol. The lowest BCUT2D eigenvalue weighted by Gasteiger charge is -2.02. The Morgan fingerprint density at radius 3 is 2.68 bits per heavy atom. The van der Waals surface area contributed by atoms with E-state index in [2.05, 4.69) is 9.97 Å². The Balaban J connectivity index is 2.48. The molecule has 0 aliphatic carbocycles. The van der Waals surface area contributed by atoms with Gasteiger partial charge in [-0.3, -0.25) is 4.79 Å². The molecule has 1 N–H and O–H groups in total. The van der Waals surface area contributed by atoms with E-state index in [-0.39, 0.29) is 23.8 Å². The number of hydrogen-bond donors (Lipinski definition) is 1. The van der Waals surface area contributed by atoms with E-state index in [4.69, 9.17) is 4.74 Å². The Bertz CT molecular complexity index is 605. The molecule has 0 amide bonds. The molecule has 0 unspecified atom stereocenters. The van der Waals surface area contributed by atoms with Gasteiger partial charge in [0.15, 0.2) is 17.8 Å². The predicted molar refractivity (Wildman–Crippen MR) is 65.3 cm³/mol. The number of nitrogens with one attached hydrogen (secondary N) is 1. The van der Waals surface area contributed by atoms with Crippen molar-refractivity contribution in [2.24, 2.45) is 0 Å². The van der Waals surface area contributed by atoms with Crippen LogP contribution in [0.1, 0.15) is 28.0 Å². The molecule has 0 radical (unpaired) electrons. The number of hydrogen-bond acceptors (Lipinski definition) is 4. The maximum atomic E-state index is 12.9. The van der Waals surface area contributed by atoms with Crippen LogP contribution in [0.25, 0.3) is 11.3 Å². The number of rotatable bonds is 4. The van der Waals surface area contributed by atoms with Crippen LogP contribution in [0.15, 0.2) is 24.3 Å². The largest absolute Gasteiger partial charge is 0.461 e. The van der Waals surface area contributed by atoms with Crippen LogP contribution in [0.3, 0.4) is 0 Å². The van der Waals surface area contributed by atoms with Gasteiger partial charge in [-0.25, -0.2) is 14.2 Å². The van der Waals surface area contributed by atoms with Gasteiger partial charge in [0.25, 0.3) is 0 Å². The van der Waals surface area contributed by atoms with Crippen LogP contribution >= 0.6 is 0 Å². The number of esters is 1. The molecule has 0 atom stereocenters. The molecule has 0 fully saturated rings. The molecule has 0 saturated carbocycles. The van der Waals surface area contributed by atoms with E-state index in [9.17, 15) is 14.0 Å². The number of ether oxygens (including phenoxy) is 1. The number of carbonyl (C=O) groups excluding carboxylic acids is 2. The van der Waals surface area contributed by atoms with E-state index in [0.29, 0.717) is 11.8 Å². The minimum absolute atomic E-state index is 0.0161. The number of benzene rings is 1. The maximum absolute atomic E-state index is 12.9. The summed E-state index contributed by atoms with van der Waals surface area (Å²) in [7, 11) is 0. The minimum atomic E-state index is -0.609. The van der Waals surface area contributed by atoms with E-state index in [0.717, 1.165) is 0 Å². The Labute approximate surface area is 108 Å². The third kappa shape index (κ3) is 2.67. The average molecular weight is 262 g/mol. The number of aromatic amines is 1. The molecule has 19 heavy (non-hydrogen) atoms. The standard InChI is InChI=1S/C13H11FN2O3/c1-2-19-13(18)12-11(15-10(7-17)16-12)8-3-5-9(14)6-4-8/h3-7H,2H2,1H3,(H,15,16). The molecule has 0 spiro atoms. The zero-order valence-electron chi connectivity index (χ0n) is 10.1. The smallest absolute Gasteiger partial charge is 0.357 e. The number of aromatic nitrogens is 2. The summed E-state index contributed by atoms with van der Waals surface area (Å²) in [6.07, 6.45) is 0.496. The second kappa shape index (κ2) is 5.43. The topological polar surface area (TPSA) is 72.1 Å². The summed E-state index contributed by atoms with van der Waals surface area (Å²) >= 11 is 0.